The van der Waals surface area contributed by atoms with Crippen LogP contribution in [0.4, 0.5) is 11.4 Å². The summed E-state index contributed by atoms with van der Waals surface area (Å²) in [7, 11) is 3.11. The normalized spacial score (nSPS) is 16.2. The summed E-state index contributed by atoms with van der Waals surface area (Å²) < 4.78 is 16.0. The van der Waals surface area contributed by atoms with Crippen molar-refractivity contribution < 1.29 is 19.0 Å². The van der Waals surface area contributed by atoms with Crippen molar-refractivity contribution in [2.75, 3.05) is 38.0 Å². The molecule has 0 aromatic heterocycles. The number of methoxy groups -OCH3 is 2. The van der Waals surface area contributed by atoms with Crippen LogP contribution in [-0.4, -0.2) is 39.4 Å². The molecule has 1 amide bonds. The van der Waals surface area contributed by atoms with Crippen LogP contribution in [0.5, 0.6) is 11.5 Å². The van der Waals surface area contributed by atoms with Gasteiger partial charge in [-0.15, -0.1) is 0 Å². The molecule has 2 aromatic rings. The van der Waals surface area contributed by atoms with Gasteiger partial charge in [-0.25, -0.2) is 0 Å². The average Bonchev–Trinajstić information content (AvgIpc) is 3.20. The molecule has 0 spiro atoms. The Bertz CT molecular complexity index is 740. The van der Waals surface area contributed by atoms with Crippen molar-refractivity contribution in [3.05, 3.63) is 48.0 Å². The Balaban J connectivity index is 1.58. The van der Waals surface area contributed by atoms with Crippen LogP contribution in [0.2, 0.25) is 0 Å². The summed E-state index contributed by atoms with van der Waals surface area (Å²) in [6, 6.07) is 12.7. The molecule has 1 aliphatic rings. The van der Waals surface area contributed by atoms with E-state index in [1.807, 2.05) is 24.3 Å². The number of carbonyl (C=O) groups excluding carboxylic acids is 1. The summed E-state index contributed by atoms with van der Waals surface area (Å²) in [5.74, 6) is 0.908. The standard InChI is InChI=1S/C20H24N2O4/c1-24-18-10-5-14(12-19(18)25-2)20(23)22-16-8-6-15(7-9-16)21-13-17-4-3-11-26-17/h5-10,12,17,21H,3-4,11,13H2,1-2H3,(H,22,23). The molecule has 1 saturated heterocycles. The largest absolute Gasteiger partial charge is 0.493 e. The number of carbonyl (C=O) groups is 1. The van der Waals surface area contributed by atoms with Gasteiger partial charge in [-0.1, -0.05) is 0 Å². The van der Waals surface area contributed by atoms with Gasteiger partial charge < -0.3 is 24.8 Å². The van der Waals surface area contributed by atoms with Crippen molar-refractivity contribution in [3.8, 4) is 11.5 Å². The van der Waals surface area contributed by atoms with Crippen LogP contribution in [-0.2, 0) is 4.74 Å². The maximum absolute atomic E-state index is 12.4. The van der Waals surface area contributed by atoms with E-state index in [1.54, 1.807) is 32.4 Å². The van der Waals surface area contributed by atoms with Gasteiger partial charge in [0.05, 0.1) is 20.3 Å². The predicted octanol–water partition coefficient (Wildman–Crippen LogP) is 3.55. The van der Waals surface area contributed by atoms with E-state index in [0.717, 1.165) is 37.4 Å². The maximum Gasteiger partial charge on any atom is 0.255 e. The highest BCUT2D eigenvalue weighted by molar-refractivity contribution is 6.04. The minimum absolute atomic E-state index is 0.203. The Labute approximate surface area is 153 Å². The van der Waals surface area contributed by atoms with Crippen molar-refractivity contribution in [1.82, 2.24) is 0 Å². The Morgan fingerprint density at radius 1 is 1.08 bits per heavy atom. The van der Waals surface area contributed by atoms with Crippen molar-refractivity contribution in [3.63, 3.8) is 0 Å². The average molecular weight is 356 g/mol. The summed E-state index contributed by atoms with van der Waals surface area (Å²) in [6.07, 6.45) is 2.53. The van der Waals surface area contributed by atoms with Crippen molar-refractivity contribution in [1.29, 1.82) is 0 Å². The minimum atomic E-state index is -0.203. The van der Waals surface area contributed by atoms with E-state index in [0.29, 0.717) is 23.2 Å². The fourth-order valence-corrected chi connectivity index (χ4v) is 2.89. The molecule has 1 aliphatic heterocycles. The van der Waals surface area contributed by atoms with Gasteiger partial charge in [-0.2, -0.15) is 0 Å². The molecule has 1 unspecified atom stereocenters. The summed E-state index contributed by atoms with van der Waals surface area (Å²) in [6.45, 7) is 1.66. The van der Waals surface area contributed by atoms with Gasteiger partial charge in [0.1, 0.15) is 0 Å². The second-order valence-electron chi connectivity index (χ2n) is 6.12. The SMILES string of the molecule is COc1ccc(C(=O)Nc2ccc(NCC3CCCO3)cc2)cc1OC. The molecule has 2 aromatic carbocycles. The molecule has 0 saturated carbocycles. The summed E-state index contributed by atoms with van der Waals surface area (Å²) >= 11 is 0. The Kier molecular flexibility index (Phi) is 5.96. The first-order chi connectivity index (χ1) is 12.7. The zero-order chi connectivity index (χ0) is 18.4. The van der Waals surface area contributed by atoms with Crippen LogP contribution in [0.3, 0.4) is 0 Å². The quantitative estimate of drug-likeness (QED) is 0.794. The molecule has 26 heavy (non-hydrogen) atoms. The number of rotatable bonds is 7. The van der Waals surface area contributed by atoms with Crippen molar-refractivity contribution in [2.45, 2.75) is 18.9 Å². The zero-order valence-electron chi connectivity index (χ0n) is 15.1. The molecule has 3 rings (SSSR count). The Morgan fingerprint density at radius 2 is 1.81 bits per heavy atom. The monoisotopic (exact) mass is 356 g/mol. The molecule has 138 valence electrons. The third kappa shape index (κ3) is 4.46. The number of amides is 1. The highest BCUT2D eigenvalue weighted by Gasteiger charge is 2.15. The first-order valence-corrected chi connectivity index (χ1v) is 8.68. The second-order valence-corrected chi connectivity index (χ2v) is 6.12. The molecule has 1 fully saturated rings. The second kappa shape index (κ2) is 8.58. The van der Waals surface area contributed by atoms with Crippen LogP contribution < -0.4 is 20.1 Å². The summed E-state index contributed by atoms with van der Waals surface area (Å²) in [5, 5.41) is 6.24. The smallest absolute Gasteiger partial charge is 0.255 e. The minimum Gasteiger partial charge on any atom is -0.493 e. The van der Waals surface area contributed by atoms with Gasteiger partial charge in [-0.3, -0.25) is 4.79 Å². The Morgan fingerprint density at radius 3 is 2.46 bits per heavy atom. The first-order valence-electron chi connectivity index (χ1n) is 8.68. The molecule has 6 heteroatoms. The molecule has 1 atom stereocenters. The number of hydrogen-bond donors (Lipinski definition) is 2. The lowest BCUT2D eigenvalue weighted by Gasteiger charge is -2.13. The van der Waals surface area contributed by atoms with Gasteiger partial charge in [0.2, 0.25) is 0 Å². The van der Waals surface area contributed by atoms with E-state index in [-0.39, 0.29) is 5.91 Å². The first kappa shape index (κ1) is 18.1. The summed E-state index contributed by atoms with van der Waals surface area (Å²) in [4.78, 5) is 12.4. The maximum atomic E-state index is 12.4. The fraction of sp³-hybridized carbons (Fsp3) is 0.350. The molecule has 0 aliphatic carbocycles. The van der Waals surface area contributed by atoms with Crippen LogP contribution in [0.1, 0.15) is 23.2 Å². The molecule has 0 radical (unpaired) electrons. The molecule has 6 nitrogen and oxygen atoms in total. The highest BCUT2D eigenvalue weighted by atomic mass is 16.5. The predicted molar refractivity (Wildman–Crippen MR) is 101 cm³/mol. The lowest BCUT2D eigenvalue weighted by atomic mass is 10.1. The highest BCUT2D eigenvalue weighted by Crippen LogP contribution is 2.28. The van der Waals surface area contributed by atoms with E-state index < -0.39 is 0 Å². The van der Waals surface area contributed by atoms with E-state index >= 15 is 0 Å². The van der Waals surface area contributed by atoms with E-state index in [1.165, 1.54) is 0 Å². The lowest BCUT2D eigenvalue weighted by molar-refractivity contribution is 0.102. The molecule has 0 bridgehead atoms. The summed E-state index contributed by atoms with van der Waals surface area (Å²) in [5.41, 5.74) is 2.24. The van der Waals surface area contributed by atoms with E-state index in [4.69, 9.17) is 14.2 Å². The lowest BCUT2D eigenvalue weighted by Crippen LogP contribution is -2.18. The number of hydrogen-bond acceptors (Lipinski definition) is 5. The number of benzene rings is 2. The molecule has 2 N–H and O–H groups in total. The molecular formula is C20H24N2O4. The third-order valence-electron chi connectivity index (χ3n) is 4.35. The van der Waals surface area contributed by atoms with Gasteiger partial charge >= 0.3 is 0 Å². The number of anilines is 2. The Hall–Kier alpha value is -2.73. The third-order valence-corrected chi connectivity index (χ3v) is 4.35. The van der Waals surface area contributed by atoms with E-state index in [2.05, 4.69) is 10.6 Å². The topological polar surface area (TPSA) is 68.8 Å². The fourth-order valence-electron chi connectivity index (χ4n) is 2.89. The van der Waals surface area contributed by atoms with Gasteiger partial charge in [0, 0.05) is 30.1 Å². The van der Waals surface area contributed by atoms with Crippen molar-refractivity contribution >= 4 is 17.3 Å². The van der Waals surface area contributed by atoms with Crippen LogP contribution >= 0.6 is 0 Å². The number of nitrogens with one attached hydrogen (secondary N) is 2. The van der Waals surface area contributed by atoms with Gasteiger partial charge in [0.25, 0.3) is 5.91 Å². The molecule has 1 heterocycles. The zero-order valence-corrected chi connectivity index (χ0v) is 15.1. The van der Waals surface area contributed by atoms with Gasteiger partial charge in [0.15, 0.2) is 11.5 Å². The van der Waals surface area contributed by atoms with Crippen LogP contribution in [0.15, 0.2) is 42.5 Å². The van der Waals surface area contributed by atoms with Crippen LogP contribution in [0.25, 0.3) is 0 Å². The van der Waals surface area contributed by atoms with Gasteiger partial charge in [-0.05, 0) is 55.3 Å². The van der Waals surface area contributed by atoms with Crippen LogP contribution in [0, 0.1) is 0 Å². The molecular weight excluding hydrogens is 332 g/mol. The van der Waals surface area contributed by atoms with Crippen molar-refractivity contribution in [2.24, 2.45) is 0 Å². The van der Waals surface area contributed by atoms with E-state index in [9.17, 15) is 4.79 Å². The number of ether oxygens (including phenoxy) is 3.